The van der Waals surface area contributed by atoms with Crippen molar-refractivity contribution in [2.24, 2.45) is 7.05 Å². The van der Waals surface area contributed by atoms with E-state index in [0.29, 0.717) is 5.57 Å². The van der Waals surface area contributed by atoms with Gasteiger partial charge in [0.15, 0.2) is 0 Å². The van der Waals surface area contributed by atoms with E-state index in [2.05, 4.69) is 10.3 Å². The summed E-state index contributed by atoms with van der Waals surface area (Å²) in [6, 6.07) is 5.64. The highest BCUT2D eigenvalue weighted by atomic mass is 32.2. The lowest BCUT2D eigenvalue weighted by Gasteiger charge is -2.37. The summed E-state index contributed by atoms with van der Waals surface area (Å²) in [7, 11) is 1.81. The van der Waals surface area contributed by atoms with Crippen molar-refractivity contribution in [2.75, 3.05) is 0 Å². The number of fused-ring (bicyclic) bond motifs is 2. The molecule has 0 bridgehead atoms. The molecule has 0 radical (unpaired) electrons. The Labute approximate surface area is 128 Å². The van der Waals surface area contributed by atoms with Crippen molar-refractivity contribution in [1.29, 1.82) is 0 Å². The van der Waals surface area contributed by atoms with E-state index in [9.17, 15) is 9.59 Å². The van der Waals surface area contributed by atoms with Crippen molar-refractivity contribution in [3.63, 3.8) is 0 Å². The number of carboxylic acids is 1. The van der Waals surface area contributed by atoms with Crippen LogP contribution in [0.1, 0.15) is 5.56 Å². The van der Waals surface area contributed by atoms with E-state index < -0.39 is 5.97 Å². The Morgan fingerprint density at radius 3 is 3.05 bits per heavy atom. The fourth-order valence-corrected chi connectivity index (χ4v) is 3.71. The number of rotatable bonds is 2. The standard InChI is InChI=1S/C14H10N4O3S/c1-17-10-3-2-7(5-9(10)15-16-17)4-8-12(19)18-11(14(20)21)6-22-13(8)18/h2-6,13H,1H3,(H,20,21)/b8-4+/t13-/m1/s1. The average Bonchev–Trinajstić information content (AvgIpc) is 3.06. The minimum atomic E-state index is -1.08. The molecule has 1 aromatic carbocycles. The molecule has 3 heterocycles. The number of nitrogens with zero attached hydrogens (tertiary/aromatic N) is 4. The van der Waals surface area contributed by atoms with Gasteiger partial charge < -0.3 is 5.11 Å². The summed E-state index contributed by atoms with van der Waals surface area (Å²) in [5.41, 5.74) is 3.15. The predicted molar refractivity (Wildman–Crippen MR) is 80.4 cm³/mol. The lowest BCUT2D eigenvalue weighted by molar-refractivity contribution is -0.141. The van der Waals surface area contributed by atoms with E-state index >= 15 is 0 Å². The van der Waals surface area contributed by atoms with Gasteiger partial charge in [0, 0.05) is 12.5 Å². The Morgan fingerprint density at radius 2 is 2.27 bits per heavy atom. The third-order valence-corrected chi connectivity index (χ3v) is 4.79. The topological polar surface area (TPSA) is 88.3 Å². The summed E-state index contributed by atoms with van der Waals surface area (Å²) in [6.45, 7) is 0. The molecule has 22 heavy (non-hydrogen) atoms. The lowest BCUT2D eigenvalue weighted by atomic mass is 10.0. The van der Waals surface area contributed by atoms with Crippen LogP contribution in [0.15, 0.2) is 34.9 Å². The molecule has 8 heteroatoms. The first-order valence-corrected chi connectivity index (χ1v) is 7.44. The summed E-state index contributed by atoms with van der Waals surface area (Å²) < 4.78 is 1.68. The van der Waals surface area contributed by atoms with Crippen molar-refractivity contribution in [3.8, 4) is 0 Å². The Kier molecular flexibility index (Phi) is 2.64. The van der Waals surface area contributed by atoms with Crippen LogP contribution >= 0.6 is 11.8 Å². The molecule has 0 saturated carbocycles. The number of thioether (sulfide) groups is 1. The number of aryl methyl sites for hydroxylation is 1. The molecular weight excluding hydrogens is 304 g/mol. The number of aliphatic carboxylic acids is 1. The van der Waals surface area contributed by atoms with Crippen LogP contribution < -0.4 is 0 Å². The number of carboxylic acid groups (broad SMARTS) is 1. The van der Waals surface area contributed by atoms with Crippen LogP contribution in [0.4, 0.5) is 0 Å². The highest BCUT2D eigenvalue weighted by Gasteiger charge is 2.49. The lowest BCUT2D eigenvalue weighted by Crippen LogP contribution is -2.51. The van der Waals surface area contributed by atoms with Gasteiger partial charge in [-0.2, -0.15) is 0 Å². The highest BCUT2D eigenvalue weighted by molar-refractivity contribution is 8.03. The number of carbonyl (C=O) groups is 2. The number of benzene rings is 1. The fraction of sp³-hybridized carbons (Fsp3) is 0.143. The number of aromatic nitrogens is 3. The number of carbonyl (C=O) groups excluding carboxylic acids is 1. The fourth-order valence-electron chi connectivity index (χ4n) is 2.59. The zero-order valence-electron chi connectivity index (χ0n) is 11.4. The summed E-state index contributed by atoms with van der Waals surface area (Å²) in [6.07, 6.45) is 1.78. The van der Waals surface area contributed by atoms with Gasteiger partial charge in [-0.3, -0.25) is 9.69 Å². The zero-order valence-corrected chi connectivity index (χ0v) is 12.2. The van der Waals surface area contributed by atoms with Gasteiger partial charge in [-0.1, -0.05) is 11.3 Å². The van der Waals surface area contributed by atoms with Crippen LogP contribution in [0.25, 0.3) is 17.1 Å². The van der Waals surface area contributed by atoms with Crippen molar-refractivity contribution in [1.82, 2.24) is 19.9 Å². The monoisotopic (exact) mass is 314 g/mol. The Balaban J connectivity index is 1.66. The normalized spacial score (nSPS) is 22.0. The van der Waals surface area contributed by atoms with Gasteiger partial charge >= 0.3 is 5.97 Å². The van der Waals surface area contributed by atoms with Gasteiger partial charge in [-0.25, -0.2) is 9.48 Å². The smallest absolute Gasteiger partial charge is 0.353 e. The van der Waals surface area contributed by atoms with Gasteiger partial charge in [0.2, 0.25) is 0 Å². The SMILES string of the molecule is Cn1nnc2cc(/C=C3\C(=O)N4C(C(=O)O)=CS[C@H]34)ccc21. The van der Waals surface area contributed by atoms with E-state index in [-0.39, 0.29) is 17.0 Å². The van der Waals surface area contributed by atoms with Crippen molar-refractivity contribution in [2.45, 2.75) is 5.37 Å². The predicted octanol–water partition coefficient (Wildman–Crippen LogP) is 1.19. The molecule has 4 rings (SSSR count). The van der Waals surface area contributed by atoms with Crippen molar-refractivity contribution < 1.29 is 14.7 Å². The highest BCUT2D eigenvalue weighted by Crippen LogP contribution is 2.45. The van der Waals surface area contributed by atoms with E-state index in [1.165, 1.54) is 22.1 Å². The van der Waals surface area contributed by atoms with Crippen molar-refractivity contribution in [3.05, 3.63) is 40.4 Å². The molecule has 2 aliphatic heterocycles. The molecule has 0 aliphatic carbocycles. The summed E-state index contributed by atoms with van der Waals surface area (Å²) >= 11 is 1.33. The van der Waals surface area contributed by atoms with Gasteiger partial charge in [-0.15, -0.1) is 16.9 Å². The van der Waals surface area contributed by atoms with Crippen LogP contribution in [0.5, 0.6) is 0 Å². The molecular formula is C14H10N4O3S. The quantitative estimate of drug-likeness (QED) is 0.662. The molecule has 1 aromatic heterocycles. The number of β-lactam (4-membered cyclic amide) rings is 1. The minimum Gasteiger partial charge on any atom is -0.477 e. The minimum absolute atomic E-state index is 0.0431. The van der Waals surface area contributed by atoms with Crippen LogP contribution in [0.3, 0.4) is 0 Å². The maximum atomic E-state index is 12.1. The number of amides is 1. The molecule has 110 valence electrons. The number of hydrogen-bond donors (Lipinski definition) is 1. The first-order chi connectivity index (χ1) is 10.6. The molecule has 2 aliphatic rings. The van der Waals surface area contributed by atoms with Gasteiger partial charge in [0.05, 0.1) is 11.1 Å². The molecule has 0 spiro atoms. The van der Waals surface area contributed by atoms with E-state index in [4.69, 9.17) is 5.11 Å². The summed E-state index contributed by atoms with van der Waals surface area (Å²) in [5.74, 6) is -1.34. The second-order valence-electron chi connectivity index (χ2n) is 5.03. The van der Waals surface area contributed by atoms with Crippen LogP contribution in [0.2, 0.25) is 0 Å². The third kappa shape index (κ3) is 1.70. The molecule has 0 unspecified atom stereocenters. The zero-order chi connectivity index (χ0) is 15.4. The molecule has 7 nitrogen and oxygen atoms in total. The summed E-state index contributed by atoms with van der Waals surface area (Å²) in [4.78, 5) is 24.5. The van der Waals surface area contributed by atoms with Gasteiger partial charge in [-0.05, 0) is 23.8 Å². The summed E-state index contributed by atoms with van der Waals surface area (Å²) in [5, 5.41) is 18.3. The van der Waals surface area contributed by atoms with E-state index in [0.717, 1.165) is 16.6 Å². The Bertz CT molecular complexity index is 899. The molecule has 2 aromatic rings. The van der Waals surface area contributed by atoms with Crippen LogP contribution in [-0.4, -0.2) is 42.3 Å². The molecule has 1 fully saturated rings. The molecule has 1 atom stereocenters. The van der Waals surface area contributed by atoms with Gasteiger partial charge in [0.1, 0.15) is 16.6 Å². The van der Waals surface area contributed by atoms with Crippen LogP contribution in [-0.2, 0) is 16.6 Å². The number of hydrogen-bond acceptors (Lipinski definition) is 5. The Hall–Kier alpha value is -2.61. The molecule has 1 amide bonds. The third-order valence-electron chi connectivity index (χ3n) is 3.71. The second kappa shape index (κ2) is 4.44. The molecule has 1 N–H and O–H groups in total. The average molecular weight is 314 g/mol. The maximum absolute atomic E-state index is 12.1. The molecule has 1 saturated heterocycles. The van der Waals surface area contributed by atoms with Crippen LogP contribution in [0, 0.1) is 0 Å². The second-order valence-corrected chi connectivity index (χ2v) is 5.99. The van der Waals surface area contributed by atoms with Gasteiger partial charge in [0.25, 0.3) is 5.91 Å². The maximum Gasteiger partial charge on any atom is 0.353 e. The first-order valence-electron chi connectivity index (χ1n) is 6.50. The van der Waals surface area contributed by atoms with E-state index in [1.54, 1.807) is 10.8 Å². The van der Waals surface area contributed by atoms with Crippen molar-refractivity contribution >= 4 is 40.7 Å². The Morgan fingerprint density at radius 1 is 1.45 bits per heavy atom. The first kappa shape index (κ1) is 13.1. The largest absolute Gasteiger partial charge is 0.477 e. The van der Waals surface area contributed by atoms with E-state index in [1.807, 2.05) is 25.2 Å².